The zero-order valence-electron chi connectivity index (χ0n) is 13.3. The molecule has 112 valence electrons. The van der Waals surface area contributed by atoms with Crippen LogP contribution in [0.4, 0.5) is 0 Å². The Morgan fingerprint density at radius 2 is 1.90 bits per heavy atom. The van der Waals surface area contributed by atoms with Crippen LogP contribution < -0.4 is 0 Å². The van der Waals surface area contributed by atoms with Gasteiger partial charge in [-0.3, -0.25) is 4.79 Å². The molecule has 2 rings (SSSR count). The summed E-state index contributed by atoms with van der Waals surface area (Å²) in [6.45, 7) is 6.62. The summed E-state index contributed by atoms with van der Waals surface area (Å²) in [5, 5.41) is 0. The van der Waals surface area contributed by atoms with Crippen LogP contribution in [0, 0.1) is 20.8 Å². The molecule has 0 saturated carbocycles. The summed E-state index contributed by atoms with van der Waals surface area (Å²) in [5.74, 6) is 1.85. The third-order valence-electron chi connectivity index (χ3n) is 3.72. The summed E-state index contributed by atoms with van der Waals surface area (Å²) in [7, 11) is 1.82. The van der Waals surface area contributed by atoms with Crippen LogP contribution in [0.5, 0.6) is 0 Å². The van der Waals surface area contributed by atoms with Crippen LogP contribution in [-0.4, -0.2) is 17.9 Å². The number of nitrogens with zero attached hydrogens (tertiary/aromatic N) is 1. The lowest BCUT2D eigenvalue weighted by Gasteiger charge is -2.16. The Bertz CT molecular complexity index is 628. The number of benzene rings is 1. The maximum Gasteiger partial charge on any atom is 0.223 e. The minimum Gasteiger partial charge on any atom is -0.464 e. The molecule has 0 aliphatic heterocycles. The number of hydrogen-bond donors (Lipinski definition) is 0. The van der Waals surface area contributed by atoms with Crippen molar-refractivity contribution >= 4 is 5.91 Å². The van der Waals surface area contributed by atoms with Crippen molar-refractivity contribution in [3.63, 3.8) is 0 Å². The molecule has 0 spiro atoms. The average Bonchev–Trinajstić information content (AvgIpc) is 2.82. The van der Waals surface area contributed by atoms with Crippen molar-refractivity contribution in [2.75, 3.05) is 7.05 Å². The first-order valence-corrected chi connectivity index (χ1v) is 7.31. The zero-order valence-corrected chi connectivity index (χ0v) is 13.3. The van der Waals surface area contributed by atoms with Gasteiger partial charge in [-0.2, -0.15) is 0 Å². The maximum absolute atomic E-state index is 12.2. The molecule has 1 heterocycles. The van der Waals surface area contributed by atoms with Crippen molar-refractivity contribution in [2.45, 2.75) is 40.2 Å². The molecule has 1 aromatic heterocycles. The highest BCUT2D eigenvalue weighted by atomic mass is 16.3. The predicted molar refractivity (Wildman–Crippen MR) is 84.2 cm³/mol. The molecule has 3 heteroatoms. The number of carbonyl (C=O) groups excluding carboxylic acids is 1. The fourth-order valence-electron chi connectivity index (χ4n) is 2.45. The van der Waals surface area contributed by atoms with Crippen molar-refractivity contribution in [1.29, 1.82) is 0 Å². The molecular formula is C18H23NO2. The van der Waals surface area contributed by atoms with Gasteiger partial charge >= 0.3 is 0 Å². The highest BCUT2D eigenvalue weighted by Gasteiger charge is 2.12. The Labute approximate surface area is 126 Å². The van der Waals surface area contributed by atoms with Crippen molar-refractivity contribution in [3.05, 3.63) is 58.5 Å². The third-order valence-corrected chi connectivity index (χ3v) is 3.72. The maximum atomic E-state index is 12.2. The minimum atomic E-state index is 0.143. The van der Waals surface area contributed by atoms with E-state index in [2.05, 4.69) is 32.0 Å². The molecule has 0 aliphatic rings. The van der Waals surface area contributed by atoms with Gasteiger partial charge in [-0.1, -0.05) is 23.8 Å². The molecule has 1 amide bonds. The van der Waals surface area contributed by atoms with Crippen molar-refractivity contribution in [2.24, 2.45) is 0 Å². The standard InChI is InChI=1S/C18H23NO2/c1-13-5-7-16(14(2)11-13)8-10-18(20)19(4)12-17-9-6-15(3)21-17/h5-7,9,11H,8,10,12H2,1-4H3. The molecule has 0 atom stereocenters. The molecule has 0 unspecified atom stereocenters. The molecule has 0 fully saturated rings. The van der Waals surface area contributed by atoms with Gasteiger partial charge in [-0.25, -0.2) is 0 Å². The van der Waals surface area contributed by atoms with Crippen LogP contribution in [0.2, 0.25) is 0 Å². The van der Waals surface area contributed by atoms with Gasteiger partial charge in [0.15, 0.2) is 0 Å². The SMILES string of the molecule is Cc1ccc(CCC(=O)N(C)Cc2ccc(C)o2)c(C)c1. The van der Waals surface area contributed by atoms with Crippen molar-refractivity contribution in [3.8, 4) is 0 Å². The zero-order chi connectivity index (χ0) is 15.4. The molecule has 0 radical (unpaired) electrons. The van der Waals surface area contributed by atoms with Crippen LogP contribution in [0.1, 0.15) is 34.6 Å². The first-order valence-electron chi connectivity index (χ1n) is 7.31. The predicted octanol–water partition coefficient (Wildman–Crippen LogP) is 3.80. The summed E-state index contributed by atoms with van der Waals surface area (Å²) in [4.78, 5) is 13.9. The molecular weight excluding hydrogens is 262 g/mol. The quantitative estimate of drug-likeness (QED) is 0.837. The van der Waals surface area contributed by atoms with E-state index in [1.807, 2.05) is 26.1 Å². The first kappa shape index (κ1) is 15.4. The van der Waals surface area contributed by atoms with E-state index >= 15 is 0 Å². The lowest BCUT2D eigenvalue weighted by molar-refractivity contribution is -0.130. The van der Waals surface area contributed by atoms with E-state index in [1.54, 1.807) is 4.90 Å². The summed E-state index contributed by atoms with van der Waals surface area (Å²) in [5.41, 5.74) is 3.76. The van der Waals surface area contributed by atoms with Gasteiger partial charge in [0.25, 0.3) is 0 Å². The summed E-state index contributed by atoms with van der Waals surface area (Å²) in [6.07, 6.45) is 1.31. The fraction of sp³-hybridized carbons (Fsp3) is 0.389. The molecule has 3 nitrogen and oxygen atoms in total. The third kappa shape index (κ3) is 4.22. The number of carbonyl (C=O) groups is 1. The summed E-state index contributed by atoms with van der Waals surface area (Å²) >= 11 is 0. The number of hydrogen-bond acceptors (Lipinski definition) is 2. The Morgan fingerprint density at radius 1 is 1.14 bits per heavy atom. The van der Waals surface area contributed by atoms with Crippen molar-refractivity contribution in [1.82, 2.24) is 4.90 Å². The fourth-order valence-corrected chi connectivity index (χ4v) is 2.45. The van der Waals surface area contributed by atoms with Gasteiger partial charge in [-0.15, -0.1) is 0 Å². The Morgan fingerprint density at radius 3 is 2.52 bits per heavy atom. The van der Waals surface area contributed by atoms with Gasteiger partial charge in [0.1, 0.15) is 11.5 Å². The molecule has 0 N–H and O–H groups in total. The molecule has 2 aromatic rings. The van der Waals surface area contributed by atoms with Crippen LogP contribution in [0.15, 0.2) is 34.7 Å². The van der Waals surface area contributed by atoms with Gasteiger partial charge in [0.2, 0.25) is 5.91 Å². The Hall–Kier alpha value is -2.03. The van der Waals surface area contributed by atoms with Crippen LogP contribution >= 0.6 is 0 Å². The second-order valence-electron chi connectivity index (χ2n) is 5.69. The average molecular weight is 285 g/mol. The van der Waals surface area contributed by atoms with Gasteiger partial charge in [-0.05, 0) is 50.5 Å². The van der Waals surface area contributed by atoms with Gasteiger partial charge in [0, 0.05) is 13.5 Å². The van der Waals surface area contributed by atoms with Crippen LogP contribution in [0.3, 0.4) is 0 Å². The van der Waals surface area contributed by atoms with Crippen molar-refractivity contribution < 1.29 is 9.21 Å². The van der Waals surface area contributed by atoms with E-state index < -0.39 is 0 Å². The second kappa shape index (κ2) is 6.61. The minimum absolute atomic E-state index is 0.143. The Kier molecular flexibility index (Phi) is 4.84. The molecule has 0 saturated heterocycles. The van der Waals surface area contributed by atoms with Crippen LogP contribution in [-0.2, 0) is 17.8 Å². The number of amides is 1. The monoisotopic (exact) mass is 285 g/mol. The number of furan rings is 1. The smallest absolute Gasteiger partial charge is 0.223 e. The molecule has 0 aliphatic carbocycles. The van der Waals surface area contributed by atoms with Gasteiger partial charge in [0.05, 0.1) is 6.54 Å². The number of aryl methyl sites for hydroxylation is 4. The topological polar surface area (TPSA) is 33.5 Å². The van der Waals surface area contributed by atoms with E-state index in [0.717, 1.165) is 17.9 Å². The van der Waals surface area contributed by atoms with Gasteiger partial charge < -0.3 is 9.32 Å². The molecule has 0 bridgehead atoms. The lowest BCUT2D eigenvalue weighted by Crippen LogP contribution is -2.26. The van der Waals surface area contributed by atoms with E-state index in [1.165, 1.54) is 16.7 Å². The highest BCUT2D eigenvalue weighted by molar-refractivity contribution is 5.76. The lowest BCUT2D eigenvalue weighted by atomic mass is 10.0. The number of rotatable bonds is 5. The van der Waals surface area contributed by atoms with E-state index in [-0.39, 0.29) is 5.91 Å². The highest BCUT2D eigenvalue weighted by Crippen LogP contribution is 2.14. The van der Waals surface area contributed by atoms with Crippen LogP contribution in [0.25, 0.3) is 0 Å². The molecule has 21 heavy (non-hydrogen) atoms. The van der Waals surface area contributed by atoms with E-state index in [0.29, 0.717) is 13.0 Å². The van der Waals surface area contributed by atoms with E-state index in [9.17, 15) is 4.79 Å². The Balaban J connectivity index is 1.89. The second-order valence-corrected chi connectivity index (χ2v) is 5.69. The first-order chi connectivity index (χ1) is 9.95. The summed E-state index contributed by atoms with van der Waals surface area (Å²) < 4.78 is 5.51. The normalized spacial score (nSPS) is 10.7. The summed E-state index contributed by atoms with van der Waals surface area (Å²) in [6, 6.07) is 10.2. The molecule has 1 aromatic carbocycles. The largest absolute Gasteiger partial charge is 0.464 e. The van der Waals surface area contributed by atoms with E-state index in [4.69, 9.17) is 4.42 Å².